The van der Waals surface area contributed by atoms with Crippen LogP contribution in [-0.2, 0) is 0 Å². The van der Waals surface area contributed by atoms with Gasteiger partial charge in [-0.3, -0.25) is 0 Å². The van der Waals surface area contributed by atoms with E-state index in [0.29, 0.717) is 18.0 Å². The van der Waals surface area contributed by atoms with Gasteiger partial charge in [0.1, 0.15) is 0 Å². The number of benzene rings is 3. The Morgan fingerprint density at radius 1 is 0.900 bits per heavy atom. The van der Waals surface area contributed by atoms with Crippen molar-refractivity contribution in [3.05, 3.63) is 107 Å². The monoisotopic (exact) mass is 421 g/mol. The van der Waals surface area contributed by atoms with Crippen molar-refractivity contribution in [2.24, 2.45) is 0 Å². The van der Waals surface area contributed by atoms with Crippen LogP contribution in [0.5, 0.6) is 0 Å². The van der Waals surface area contributed by atoms with Gasteiger partial charge in [0.05, 0.1) is 12.2 Å². The van der Waals surface area contributed by atoms with E-state index < -0.39 is 12.2 Å². The summed E-state index contributed by atoms with van der Waals surface area (Å²) in [5.74, 6) is 0. The SMILES string of the molecule is CC(NCCC(O)/C(=C\c1ccc(Cl)cc1)c1ccccc1)C(O)c1ccccc1. The Balaban J connectivity index is 1.66. The predicted molar refractivity (Wildman–Crippen MR) is 125 cm³/mol. The van der Waals surface area contributed by atoms with Crippen molar-refractivity contribution in [1.29, 1.82) is 0 Å². The minimum Gasteiger partial charge on any atom is -0.388 e. The van der Waals surface area contributed by atoms with Gasteiger partial charge in [0.25, 0.3) is 0 Å². The normalized spacial score (nSPS) is 14.9. The number of aliphatic hydroxyl groups is 2. The number of aliphatic hydroxyl groups excluding tert-OH is 2. The number of nitrogens with one attached hydrogen (secondary N) is 1. The van der Waals surface area contributed by atoms with Crippen LogP contribution in [0.4, 0.5) is 0 Å². The van der Waals surface area contributed by atoms with Gasteiger partial charge in [-0.25, -0.2) is 0 Å². The molecule has 0 aliphatic heterocycles. The fourth-order valence-electron chi connectivity index (χ4n) is 3.39. The lowest BCUT2D eigenvalue weighted by Crippen LogP contribution is -2.34. The summed E-state index contributed by atoms with van der Waals surface area (Å²) in [4.78, 5) is 0. The molecule has 0 spiro atoms. The predicted octanol–water partition coefficient (Wildman–Crippen LogP) is 5.34. The van der Waals surface area contributed by atoms with Crippen molar-refractivity contribution in [3.8, 4) is 0 Å². The summed E-state index contributed by atoms with van der Waals surface area (Å²) in [6.07, 6.45) is 1.29. The fraction of sp³-hybridized carbons (Fsp3) is 0.231. The van der Waals surface area contributed by atoms with Crippen LogP contribution in [-0.4, -0.2) is 28.9 Å². The maximum Gasteiger partial charge on any atom is 0.0940 e. The molecular formula is C26H28ClNO2. The summed E-state index contributed by atoms with van der Waals surface area (Å²) in [6.45, 7) is 2.53. The molecule has 3 aromatic rings. The van der Waals surface area contributed by atoms with E-state index >= 15 is 0 Å². The van der Waals surface area contributed by atoms with Crippen LogP contribution >= 0.6 is 11.6 Å². The van der Waals surface area contributed by atoms with E-state index in [1.165, 1.54) is 0 Å². The van der Waals surface area contributed by atoms with Gasteiger partial charge in [0.2, 0.25) is 0 Å². The molecule has 0 aliphatic rings. The summed E-state index contributed by atoms with van der Waals surface area (Å²) in [7, 11) is 0. The average Bonchev–Trinajstić information content (AvgIpc) is 2.79. The lowest BCUT2D eigenvalue weighted by atomic mass is 9.95. The van der Waals surface area contributed by atoms with Gasteiger partial charge in [0, 0.05) is 11.1 Å². The molecule has 3 N–H and O–H groups in total. The molecule has 0 saturated heterocycles. The van der Waals surface area contributed by atoms with Crippen LogP contribution < -0.4 is 5.32 Å². The molecule has 0 aromatic heterocycles. The number of halogens is 1. The van der Waals surface area contributed by atoms with Crippen LogP contribution in [0.15, 0.2) is 84.9 Å². The van der Waals surface area contributed by atoms with E-state index in [9.17, 15) is 10.2 Å². The fourth-order valence-corrected chi connectivity index (χ4v) is 3.52. The van der Waals surface area contributed by atoms with Crippen LogP contribution in [0.25, 0.3) is 11.6 Å². The standard InChI is InChI=1S/C26H28ClNO2/c1-19(26(30)22-10-6-3-7-11-22)28-17-16-25(29)24(21-8-4-2-5-9-21)18-20-12-14-23(27)15-13-20/h2-15,18-19,25-26,28-30H,16-17H2,1H3/b24-18-. The Kier molecular flexibility index (Phi) is 8.23. The quantitative estimate of drug-likeness (QED) is 0.408. The lowest BCUT2D eigenvalue weighted by molar-refractivity contribution is 0.132. The molecule has 156 valence electrons. The first-order valence-electron chi connectivity index (χ1n) is 10.2. The van der Waals surface area contributed by atoms with E-state index in [-0.39, 0.29) is 6.04 Å². The van der Waals surface area contributed by atoms with Gasteiger partial charge >= 0.3 is 0 Å². The van der Waals surface area contributed by atoms with Crippen LogP contribution in [0.2, 0.25) is 5.02 Å². The Morgan fingerprint density at radius 3 is 2.13 bits per heavy atom. The van der Waals surface area contributed by atoms with E-state index in [0.717, 1.165) is 22.3 Å². The molecule has 4 heteroatoms. The topological polar surface area (TPSA) is 52.5 Å². The smallest absolute Gasteiger partial charge is 0.0940 e. The van der Waals surface area contributed by atoms with Gasteiger partial charge < -0.3 is 15.5 Å². The Labute approximate surface area is 183 Å². The van der Waals surface area contributed by atoms with Crippen LogP contribution in [0.1, 0.15) is 36.1 Å². The number of hydrogen-bond acceptors (Lipinski definition) is 3. The number of hydrogen-bond donors (Lipinski definition) is 3. The summed E-state index contributed by atoms with van der Waals surface area (Å²) >= 11 is 6.00. The molecule has 0 radical (unpaired) electrons. The maximum atomic E-state index is 10.9. The molecule has 3 aromatic carbocycles. The number of rotatable bonds is 9. The molecule has 30 heavy (non-hydrogen) atoms. The highest BCUT2D eigenvalue weighted by Gasteiger charge is 2.17. The molecule has 0 bridgehead atoms. The van der Waals surface area contributed by atoms with Gasteiger partial charge in [-0.15, -0.1) is 0 Å². The van der Waals surface area contributed by atoms with Gasteiger partial charge in [-0.1, -0.05) is 84.4 Å². The van der Waals surface area contributed by atoms with Crippen molar-refractivity contribution in [1.82, 2.24) is 5.32 Å². The zero-order valence-corrected chi connectivity index (χ0v) is 17.8. The molecule has 3 unspecified atom stereocenters. The Hall–Kier alpha value is -2.43. The summed E-state index contributed by atoms with van der Waals surface area (Å²) in [5, 5.41) is 25.5. The molecule has 0 heterocycles. The zero-order chi connectivity index (χ0) is 21.3. The molecule has 0 amide bonds. The second kappa shape index (κ2) is 11.1. The van der Waals surface area contributed by atoms with Gasteiger partial charge in [-0.2, -0.15) is 0 Å². The first-order chi connectivity index (χ1) is 14.5. The highest BCUT2D eigenvalue weighted by Crippen LogP contribution is 2.24. The first-order valence-corrected chi connectivity index (χ1v) is 10.6. The largest absolute Gasteiger partial charge is 0.388 e. The minimum atomic E-state index is -0.642. The molecule has 3 rings (SSSR count). The molecule has 0 aliphatic carbocycles. The third-order valence-electron chi connectivity index (χ3n) is 5.16. The molecular weight excluding hydrogens is 394 g/mol. The van der Waals surface area contributed by atoms with Crippen molar-refractivity contribution in [2.45, 2.75) is 31.6 Å². The molecule has 0 saturated carbocycles. The van der Waals surface area contributed by atoms with Crippen LogP contribution in [0.3, 0.4) is 0 Å². The third kappa shape index (κ3) is 6.28. The minimum absolute atomic E-state index is 0.125. The van der Waals surface area contributed by atoms with Crippen molar-refractivity contribution in [2.75, 3.05) is 6.54 Å². The van der Waals surface area contributed by atoms with E-state index in [4.69, 9.17) is 11.6 Å². The molecule has 3 nitrogen and oxygen atoms in total. The Morgan fingerprint density at radius 2 is 1.50 bits per heavy atom. The molecule has 0 fully saturated rings. The highest BCUT2D eigenvalue weighted by molar-refractivity contribution is 6.30. The van der Waals surface area contributed by atoms with E-state index in [1.54, 1.807) is 0 Å². The molecule has 3 atom stereocenters. The third-order valence-corrected chi connectivity index (χ3v) is 5.41. The highest BCUT2D eigenvalue weighted by atomic mass is 35.5. The first kappa shape index (κ1) is 22.3. The van der Waals surface area contributed by atoms with E-state index in [2.05, 4.69) is 5.32 Å². The maximum absolute atomic E-state index is 10.9. The average molecular weight is 422 g/mol. The van der Waals surface area contributed by atoms with Crippen LogP contribution in [0, 0.1) is 0 Å². The van der Waals surface area contributed by atoms with Crippen molar-refractivity contribution < 1.29 is 10.2 Å². The summed E-state index contributed by atoms with van der Waals surface area (Å²) in [5.41, 5.74) is 3.71. The Bertz CT molecular complexity index is 926. The van der Waals surface area contributed by atoms with Gasteiger partial charge in [-0.05, 0) is 60.4 Å². The zero-order valence-electron chi connectivity index (χ0n) is 17.1. The lowest BCUT2D eigenvalue weighted by Gasteiger charge is -2.22. The van der Waals surface area contributed by atoms with E-state index in [1.807, 2.05) is 97.9 Å². The van der Waals surface area contributed by atoms with Gasteiger partial charge in [0.15, 0.2) is 0 Å². The summed E-state index contributed by atoms with van der Waals surface area (Å²) in [6, 6.07) is 26.9. The van der Waals surface area contributed by atoms with Crippen molar-refractivity contribution >= 4 is 23.3 Å². The second-order valence-corrected chi connectivity index (χ2v) is 7.86. The summed E-state index contributed by atoms with van der Waals surface area (Å²) < 4.78 is 0. The van der Waals surface area contributed by atoms with Crippen molar-refractivity contribution in [3.63, 3.8) is 0 Å². The second-order valence-electron chi connectivity index (χ2n) is 7.42.